The summed E-state index contributed by atoms with van der Waals surface area (Å²) in [5, 5.41) is 3.04. The molecule has 84 valence electrons. The SMILES string of the molecule is CC(Cl)c1nc(=O)n(-c2cccc(Cl)c2)[nH]1. The molecule has 0 aliphatic heterocycles. The van der Waals surface area contributed by atoms with Gasteiger partial charge in [0.2, 0.25) is 0 Å². The fourth-order valence-corrected chi connectivity index (χ4v) is 1.59. The molecule has 1 unspecified atom stereocenters. The van der Waals surface area contributed by atoms with Crippen molar-refractivity contribution in [1.29, 1.82) is 0 Å². The number of hydrogen-bond acceptors (Lipinski definition) is 2. The fourth-order valence-electron chi connectivity index (χ4n) is 1.31. The highest BCUT2D eigenvalue weighted by Gasteiger charge is 2.10. The number of halogens is 2. The standard InChI is InChI=1S/C10H9Cl2N3O/c1-6(11)9-13-10(16)15(14-9)8-4-2-3-7(12)5-8/h2-6H,1H3,(H,13,14,16). The molecule has 6 heteroatoms. The number of hydrogen-bond donors (Lipinski definition) is 1. The van der Waals surface area contributed by atoms with Crippen LogP contribution in [0.25, 0.3) is 5.69 Å². The van der Waals surface area contributed by atoms with Gasteiger partial charge in [-0.25, -0.2) is 9.48 Å². The van der Waals surface area contributed by atoms with E-state index >= 15 is 0 Å². The van der Waals surface area contributed by atoms with Crippen LogP contribution < -0.4 is 5.69 Å². The van der Waals surface area contributed by atoms with Crippen molar-refractivity contribution in [3.8, 4) is 5.69 Å². The molecular formula is C10H9Cl2N3O. The highest BCUT2D eigenvalue weighted by atomic mass is 35.5. The van der Waals surface area contributed by atoms with E-state index in [0.717, 1.165) is 0 Å². The van der Waals surface area contributed by atoms with Crippen molar-refractivity contribution < 1.29 is 0 Å². The summed E-state index contributed by atoms with van der Waals surface area (Å²) in [5.41, 5.74) is 0.235. The molecule has 0 saturated carbocycles. The molecule has 1 heterocycles. The van der Waals surface area contributed by atoms with E-state index in [1.165, 1.54) is 4.68 Å². The Morgan fingerprint density at radius 2 is 2.25 bits per heavy atom. The third-order valence-corrected chi connectivity index (χ3v) is 2.52. The summed E-state index contributed by atoms with van der Waals surface area (Å²) >= 11 is 11.7. The minimum Gasteiger partial charge on any atom is -0.275 e. The van der Waals surface area contributed by atoms with Gasteiger partial charge in [0.05, 0.1) is 11.1 Å². The van der Waals surface area contributed by atoms with Crippen LogP contribution in [0.1, 0.15) is 18.1 Å². The molecule has 2 rings (SSSR count). The Morgan fingerprint density at radius 3 is 2.81 bits per heavy atom. The van der Waals surface area contributed by atoms with Gasteiger partial charge in [-0.15, -0.1) is 11.6 Å². The summed E-state index contributed by atoms with van der Waals surface area (Å²) in [5.74, 6) is 0.437. The maximum absolute atomic E-state index is 11.6. The Kier molecular flexibility index (Phi) is 3.03. The van der Waals surface area contributed by atoms with Crippen molar-refractivity contribution in [2.24, 2.45) is 0 Å². The van der Waals surface area contributed by atoms with Crippen molar-refractivity contribution in [1.82, 2.24) is 14.8 Å². The second-order valence-electron chi connectivity index (χ2n) is 3.32. The van der Waals surface area contributed by atoms with Crippen LogP contribution in [0.3, 0.4) is 0 Å². The molecule has 16 heavy (non-hydrogen) atoms. The average molecular weight is 258 g/mol. The molecule has 1 N–H and O–H groups in total. The first-order valence-electron chi connectivity index (χ1n) is 4.67. The number of rotatable bonds is 2. The van der Waals surface area contributed by atoms with Crippen molar-refractivity contribution in [2.75, 3.05) is 0 Å². The number of aromatic amines is 1. The predicted octanol–water partition coefficient (Wildman–Crippen LogP) is 2.51. The summed E-state index contributed by atoms with van der Waals surface area (Å²) in [6.45, 7) is 1.74. The quantitative estimate of drug-likeness (QED) is 0.841. The van der Waals surface area contributed by atoms with Crippen LogP contribution in [0, 0.1) is 0 Å². The van der Waals surface area contributed by atoms with Crippen molar-refractivity contribution >= 4 is 23.2 Å². The second kappa shape index (κ2) is 4.31. The normalized spacial score (nSPS) is 12.7. The molecule has 0 radical (unpaired) electrons. The summed E-state index contributed by atoms with van der Waals surface area (Å²) in [6.07, 6.45) is 0. The topological polar surface area (TPSA) is 50.7 Å². The maximum atomic E-state index is 11.6. The maximum Gasteiger partial charge on any atom is 0.368 e. The molecule has 0 aliphatic carbocycles. The average Bonchev–Trinajstić information content (AvgIpc) is 2.60. The van der Waals surface area contributed by atoms with Gasteiger partial charge in [-0.2, -0.15) is 4.98 Å². The van der Waals surface area contributed by atoms with E-state index in [1.54, 1.807) is 31.2 Å². The van der Waals surface area contributed by atoms with Gasteiger partial charge in [-0.1, -0.05) is 17.7 Å². The minimum absolute atomic E-state index is 0.340. The second-order valence-corrected chi connectivity index (χ2v) is 4.41. The van der Waals surface area contributed by atoms with Gasteiger partial charge in [-0.05, 0) is 25.1 Å². The van der Waals surface area contributed by atoms with Crippen LogP contribution in [0.4, 0.5) is 0 Å². The Balaban J connectivity index is 2.52. The van der Waals surface area contributed by atoms with Gasteiger partial charge in [0.1, 0.15) is 5.82 Å². The van der Waals surface area contributed by atoms with Crippen LogP contribution in [0.15, 0.2) is 29.1 Å². The zero-order chi connectivity index (χ0) is 11.7. The lowest BCUT2D eigenvalue weighted by Gasteiger charge is -2.01. The van der Waals surface area contributed by atoms with Crippen molar-refractivity contribution in [3.05, 3.63) is 45.6 Å². The van der Waals surface area contributed by atoms with E-state index in [0.29, 0.717) is 16.5 Å². The molecule has 4 nitrogen and oxygen atoms in total. The predicted molar refractivity (Wildman–Crippen MR) is 63.5 cm³/mol. The summed E-state index contributed by atoms with van der Waals surface area (Å²) < 4.78 is 1.31. The molecule has 0 aliphatic rings. The summed E-state index contributed by atoms with van der Waals surface area (Å²) in [7, 11) is 0. The zero-order valence-electron chi connectivity index (χ0n) is 8.45. The minimum atomic E-state index is -0.398. The molecule has 2 aromatic rings. The van der Waals surface area contributed by atoms with Crippen molar-refractivity contribution in [3.63, 3.8) is 0 Å². The molecule has 0 bridgehead atoms. The van der Waals surface area contributed by atoms with E-state index in [2.05, 4.69) is 10.1 Å². The fraction of sp³-hybridized carbons (Fsp3) is 0.200. The third-order valence-electron chi connectivity index (χ3n) is 2.08. The summed E-state index contributed by atoms with van der Waals surface area (Å²) in [4.78, 5) is 15.4. The van der Waals surface area contributed by atoms with E-state index in [-0.39, 0.29) is 5.38 Å². The smallest absolute Gasteiger partial charge is 0.275 e. The van der Waals surface area contributed by atoms with Crippen LogP contribution in [-0.2, 0) is 0 Å². The lowest BCUT2D eigenvalue weighted by atomic mass is 10.3. The first kappa shape index (κ1) is 11.2. The third kappa shape index (κ3) is 2.13. The van der Waals surface area contributed by atoms with Gasteiger partial charge in [0, 0.05) is 5.02 Å². The highest BCUT2D eigenvalue weighted by Crippen LogP contribution is 2.15. The van der Waals surface area contributed by atoms with E-state index in [4.69, 9.17) is 23.2 Å². The highest BCUT2D eigenvalue weighted by molar-refractivity contribution is 6.30. The number of alkyl halides is 1. The van der Waals surface area contributed by atoms with Crippen LogP contribution in [-0.4, -0.2) is 14.8 Å². The van der Waals surface area contributed by atoms with Crippen LogP contribution in [0.5, 0.6) is 0 Å². The first-order chi connectivity index (χ1) is 7.58. The molecule has 0 fully saturated rings. The van der Waals surface area contributed by atoms with Crippen LogP contribution >= 0.6 is 23.2 Å². The van der Waals surface area contributed by atoms with Gasteiger partial charge in [-0.3, -0.25) is 5.10 Å². The molecule has 0 spiro atoms. The lowest BCUT2D eigenvalue weighted by molar-refractivity contribution is 0.813. The zero-order valence-corrected chi connectivity index (χ0v) is 9.96. The van der Waals surface area contributed by atoms with E-state index in [1.807, 2.05) is 0 Å². The van der Waals surface area contributed by atoms with Gasteiger partial charge in [0.15, 0.2) is 0 Å². The molecule has 0 saturated heterocycles. The number of nitrogens with one attached hydrogen (secondary N) is 1. The van der Waals surface area contributed by atoms with Gasteiger partial charge >= 0.3 is 5.69 Å². The molecular weight excluding hydrogens is 249 g/mol. The van der Waals surface area contributed by atoms with Crippen LogP contribution in [0.2, 0.25) is 5.02 Å². The summed E-state index contributed by atoms with van der Waals surface area (Å²) in [6, 6.07) is 6.92. The number of H-pyrrole nitrogens is 1. The first-order valence-corrected chi connectivity index (χ1v) is 5.48. The van der Waals surface area contributed by atoms with E-state index in [9.17, 15) is 4.79 Å². The largest absolute Gasteiger partial charge is 0.368 e. The number of aromatic nitrogens is 3. The lowest BCUT2D eigenvalue weighted by Crippen LogP contribution is -2.15. The molecule has 1 aromatic heterocycles. The number of nitrogens with zero attached hydrogens (tertiary/aromatic N) is 2. The Labute approximate surface area is 102 Å². The monoisotopic (exact) mass is 257 g/mol. The van der Waals surface area contributed by atoms with Gasteiger partial charge in [0.25, 0.3) is 0 Å². The Hall–Kier alpha value is -1.26. The number of benzene rings is 1. The van der Waals surface area contributed by atoms with Crippen molar-refractivity contribution in [2.45, 2.75) is 12.3 Å². The Bertz CT molecular complexity index is 559. The molecule has 0 amide bonds. The Morgan fingerprint density at radius 1 is 1.50 bits per heavy atom. The van der Waals surface area contributed by atoms with E-state index < -0.39 is 5.69 Å². The molecule has 1 aromatic carbocycles. The van der Waals surface area contributed by atoms with Gasteiger partial charge < -0.3 is 0 Å². The molecule has 1 atom stereocenters.